The summed E-state index contributed by atoms with van der Waals surface area (Å²) in [5.41, 5.74) is 0.808. The lowest BCUT2D eigenvalue weighted by Crippen LogP contribution is -2.32. The van der Waals surface area contributed by atoms with Crippen molar-refractivity contribution >= 4 is 41.0 Å². The Kier molecular flexibility index (Phi) is 4.79. The van der Waals surface area contributed by atoms with E-state index in [0.717, 1.165) is 11.3 Å². The van der Waals surface area contributed by atoms with E-state index in [2.05, 4.69) is 15.3 Å². The molecule has 8 nitrogen and oxygen atoms in total. The van der Waals surface area contributed by atoms with Gasteiger partial charge >= 0.3 is 0 Å². The van der Waals surface area contributed by atoms with Crippen LogP contribution in [0.1, 0.15) is 16.8 Å². The van der Waals surface area contributed by atoms with E-state index in [0.29, 0.717) is 35.3 Å². The number of carbonyl (C=O) groups is 3. The standard InChI is InChI=1S/C19H16ClN5O3/c20-13-9-21-19(22-10-13)23-14-6-7-24(11-14)18(28)12-2-1-3-15(8-12)25-16(26)4-5-17(25)27/h1-5,8-10,14H,6-7,11H2,(H,21,22,23)/t14-/m1/s1. The highest BCUT2D eigenvalue weighted by atomic mass is 35.5. The zero-order chi connectivity index (χ0) is 19.7. The van der Waals surface area contributed by atoms with E-state index in [9.17, 15) is 14.4 Å². The fourth-order valence-electron chi connectivity index (χ4n) is 3.25. The Morgan fingerprint density at radius 2 is 1.86 bits per heavy atom. The first-order chi connectivity index (χ1) is 13.5. The molecular weight excluding hydrogens is 382 g/mol. The van der Waals surface area contributed by atoms with Crippen LogP contribution in [0.2, 0.25) is 5.02 Å². The van der Waals surface area contributed by atoms with E-state index in [-0.39, 0.29) is 11.9 Å². The Labute approximate surface area is 165 Å². The largest absolute Gasteiger partial charge is 0.350 e. The molecule has 1 saturated heterocycles. The molecule has 2 aliphatic rings. The van der Waals surface area contributed by atoms with Crippen LogP contribution in [0.4, 0.5) is 11.6 Å². The molecule has 0 unspecified atom stereocenters. The van der Waals surface area contributed by atoms with Crippen molar-refractivity contribution in [2.75, 3.05) is 23.3 Å². The van der Waals surface area contributed by atoms with Gasteiger partial charge < -0.3 is 10.2 Å². The Hall–Kier alpha value is -3.26. The Morgan fingerprint density at radius 3 is 2.57 bits per heavy atom. The molecule has 0 bridgehead atoms. The van der Waals surface area contributed by atoms with Crippen LogP contribution in [0.25, 0.3) is 0 Å². The quantitative estimate of drug-likeness (QED) is 0.791. The zero-order valence-electron chi connectivity index (χ0n) is 14.7. The molecule has 0 spiro atoms. The summed E-state index contributed by atoms with van der Waals surface area (Å²) in [4.78, 5) is 47.6. The summed E-state index contributed by atoms with van der Waals surface area (Å²) in [6.07, 6.45) is 6.20. The van der Waals surface area contributed by atoms with Crippen molar-refractivity contribution in [3.63, 3.8) is 0 Å². The summed E-state index contributed by atoms with van der Waals surface area (Å²) in [5, 5.41) is 3.65. The van der Waals surface area contributed by atoms with Crippen LogP contribution in [0.5, 0.6) is 0 Å². The van der Waals surface area contributed by atoms with Gasteiger partial charge in [0.2, 0.25) is 5.95 Å². The van der Waals surface area contributed by atoms with Gasteiger partial charge in [0.25, 0.3) is 17.7 Å². The minimum absolute atomic E-state index is 0.0271. The molecule has 1 atom stereocenters. The third kappa shape index (κ3) is 3.59. The van der Waals surface area contributed by atoms with Gasteiger partial charge in [-0.25, -0.2) is 14.9 Å². The lowest BCUT2D eigenvalue weighted by molar-refractivity contribution is -0.119. The van der Waals surface area contributed by atoms with Gasteiger partial charge in [-0.05, 0) is 24.6 Å². The number of nitrogens with one attached hydrogen (secondary N) is 1. The number of carbonyl (C=O) groups excluding carboxylic acids is 3. The van der Waals surface area contributed by atoms with E-state index in [1.54, 1.807) is 29.2 Å². The average Bonchev–Trinajstić information content (AvgIpc) is 3.29. The van der Waals surface area contributed by atoms with Gasteiger partial charge in [-0.3, -0.25) is 14.4 Å². The predicted octanol–water partition coefficient (Wildman–Crippen LogP) is 1.89. The summed E-state index contributed by atoms with van der Waals surface area (Å²) >= 11 is 5.78. The molecule has 142 valence electrons. The first-order valence-corrected chi connectivity index (χ1v) is 9.08. The molecule has 1 aromatic heterocycles. The summed E-state index contributed by atoms with van der Waals surface area (Å²) in [6.45, 7) is 1.08. The first kappa shape index (κ1) is 18.1. The van der Waals surface area contributed by atoms with Crippen LogP contribution < -0.4 is 10.2 Å². The molecule has 1 N–H and O–H groups in total. The molecule has 28 heavy (non-hydrogen) atoms. The maximum atomic E-state index is 12.9. The maximum absolute atomic E-state index is 12.9. The zero-order valence-corrected chi connectivity index (χ0v) is 15.5. The Bertz CT molecular complexity index is 958. The van der Waals surface area contributed by atoms with Crippen LogP contribution in [0.15, 0.2) is 48.8 Å². The first-order valence-electron chi connectivity index (χ1n) is 8.71. The molecule has 3 heterocycles. The number of halogens is 1. The molecule has 3 amide bonds. The van der Waals surface area contributed by atoms with Crippen molar-refractivity contribution < 1.29 is 14.4 Å². The molecule has 0 saturated carbocycles. The molecule has 4 rings (SSSR count). The van der Waals surface area contributed by atoms with Crippen LogP contribution in [0.3, 0.4) is 0 Å². The summed E-state index contributed by atoms with van der Waals surface area (Å²) in [7, 11) is 0. The number of likely N-dealkylation sites (tertiary alicyclic amines) is 1. The van der Waals surface area contributed by atoms with E-state index in [4.69, 9.17) is 11.6 Å². The number of hydrogen-bond acceptors (Lipinski definition) is 6. The topological polar surface area (TPSA) is 95.5 Å². The highest BCUT2D eigenvalue weighted by Gasteiger charge is 2.29. The van der Waals surface area contributed by atoms with Crippen LogP contribution in [0, 0.1) is 0 Å². The lowest BCUT2D eigenvalue weighted by atomic mass is 10.1. The molecule has 9 heteroatoms. The number of benzene rings is 1. The number of amides is 3. The summed E-state index contributed by atoms with van der Waals surface area (Å²) in [5.74, 6) is -0.523. The van der Waals surface area contributed by atoms with Gasteiger partial charge in [-0.2, -0.15) is 0 Å². The minimum atomic E-state index is -0.414. The van der Waals surface area contributed by atoms with Gasteiger partial charge in [-0.1, -0.05) is 17.7 Å². The number of rotatable bonds is 4. The molecule has 0 radical (unpaired) electrons. The van der Waals surface area contributed by atoms with Crippen molar-refractivity contribution in [1.29, 1.82) is 0 Å². The second-order valence-corrected chi connectivity index (χ2v) is 6.94. The number of anilines is 2. The van der Waals surface area contributed by atoms with Crippen LogP contribution >= 0.6 is 11.6 Å². The fourth-order valence-corrected chi connectivity index (χ4v) is 3.34. The summed E-state index contributed by atoms with van der Waals surface area (Å²) < 4.78 is 0. The molecule has 2 aliphatic heterocycles. The molecule has 0 aliphatic carbocycles. The Morgan fingerprint density at radius 1 is 1.14 bits per heavy atom. The van der Waals surface area contributed by atoms with E-state index in [1.165, 1.54) is 24.5 Å². The third-order valence-corrected chi connectivity index (χ3v) is 4.78. The highest BCUT2D eigenvalue weighted by molar-refractivity contribution is 6.30. The van der Waals surface area contributed by atoms with Crippen molar-refractivity contribution in [1.82, 2.24) is 14.9 Å². The molecule has 1 fully saturated rings. The molecular formula is C19H16ClN5O3. The maximum Gasteiger partial charge on any atom is 0.258 e. The van der Waals surface area contributed by atoms with Gasteiger partial charge in [-0.15, -0.1) is 0 Å². The highest BCUT2D eigenvalue weighted by Crippen LogP contribution is 2.23. The van der Waals surface area contributed by atoms with Crippen molar-refractivity contribution in [3.8, 4) is 0 Å². The van der Waals surface area contributed by atoms with Crippen molar-refractivity contribution in [3.05, 3.63) is 59.4 Å². The number of imide groups is 1. The monoisotopic (exact) mass is 397 g/mol. The SMILES string of the molecule is O=C(c1cccc(N2C(=O)C=CC2=O)c1)N1CC[C@@H](Nc2ncc(Cl)cn2)C1. The second kappa shape index (κ2) is 7.40. The van der Waals surface area contributed by atoms with E-state index in [1.807, 2.05) is 0 Å². The number of nitrogens with zero attached hydrogens (tertiary/aromatic N) is 4. The summed E-state index contributed by atoms with van der Waals surface area (Å²) in [6, 6.07) is 6.56. The van der Waals surface area contributed by atoms with Gasteiger partial charge in [0, 0.05) is 36.8 Å². The minimum Gasteiger partial charge on any atom is -0.350 e. The van der Waals surface area contributed by atoms with Crippen LogP contribution in [-0.2, 0) is 9.59 Å². The molecule has 1 aromatic carbocycles. The van der Waals surface area contributed by atoms with E-state index >= 15 is 0 Å². The van der Waals surface area contributed by atoms with Gasteiger partial charge in [0.15, 0.2) is 0 Å². The van der Waals surface area contributed by atoms with E-state index < -0.39 is 11.8 Å². The number of aromatic nitrogens is 2. The number of hydrogen-bond donors (Lipinski definition) is 1. The smallest absolute Gasteiger partial charge is 0.258 e. The second-order valence-electron chi connectivity index (χ2n) is 6.50. The average molecular weight is 398 g/mol. The Balaban J connectivity index is 1.44. The van der Waals surface area contributed by atoms with Gasteiger partial charge in [0.05, 0.1) is 23.1 Å². The third-order valence-electron chi connectivity index (χ3n) is 4.59. The lowest BCUT2D eigenvalue weighted by Gasteiger charge is -2.19. The molecule has 2 aromatic rings. The van der Waals surface area contributed by atoms with Crippen molar-refractivity contribution in [2.24, 2.45) is 0 Å². The normalized spacial score (nSPS) is 18.8. The van der Waals surface area contributed by atoms with Crippen molar-refractivity contribution in [2.45, 2.75) is 12.5 Å². The van der Waals surface area contributed by atoms with Crippen LogP contribution in [-0.4, -0.2) is 51.7 Å². The van der Waals surface area contributed by atoms with Gasteiger partial charge in [0.1, 0.15) is 0 Å². The fraction of sp³-hybridized carbons (Fsp3) is 0.211. The predicted molar refractivity (Wildman–Crippen MR) is 103 cm³/mol.